The zero-order valence-electron chi connectivity index (χ0n) is 16.3. The Labute approximate surface area is 161 Å². The van der Waals surface area contributed by atoms with Gasteiger partial charge >= 0.3 is 0 Å². The smallest absolute Gasteiger partial charge is 0.230 e. The van der Waals surface area contributed by atoms with E-state index in [2.05, 4.69) is 24.1 Å². The Balaban J connectivity index is 1.95. The van der Waals surface area contributed by atoms with Crippen LogP contribution in [-0.4, -0.2) is 30.5 Å². The summed E-state index contributed by atoms with van der Waals surface area (Å²) in [7, 11) is 0. The van der Waals surface area contributed by atoms with E-state index in [1.807, 2.05) is 36.4 Å². The third-order valence-corrected chi connectivity index (χ3v) is 4.34. The Morgan fingerprint density at radius 2 is 1.81 bits per heavy atom. The molecule has 2 heterocycles. The summed E-state index contributed by atoms with van der Waals surface area (Å²) in [5.41, 5.74) is 0.880. The number of aromatic nitrogens is 1. The summed E-state index contributed by atoms with van der Waals surface area (Å²) < 4.78 is 12.1. The van der Waals surface area contributed by atoms with Gasteiger partial charge in [0.15, 0.2) is 11.5 Å². The van der Waals surface area contributed by atoms with Crippen molar-refractivity contribution in [2.45, 2.75) is 39.5 Å². The van der Waals surface area contributed by atoms with Crippen molar-refractivity contribution in [3.05, 3.63) is 48.2 Å². The van der Waals surface area contributed by atoms with Crippen molar-refractivity contribution in [3.8, 4) is 17.4 Å². The lowest BCUT2D eigenvalue weighted by Gasteiger charge is -2.17. The topological polar surface area (TPSA) is 55.7 Å². The molecule has 0 atom stereocenters. The molecular weight excluding hydrogens is 338 g/mol. The summed E-state index contributed by atoms with van der Waals surface area (Å²) in [5.74, 6) is 3.34. The maximum absolute atomic E-state index is 6.17. The predicted octanol–water partition coefficient (Wildman–Crippen LogP) is 4.82. The molecule has 144 valence electrons. The number of rotatable bonds is 2. The third-order valence-electron chi connectivity index (χ3n) is 4.34. The molecule has 1 aromatic carbocycles. The van der Waals surface area contributed by atoms with Crippen molar-refractivity contribution >= 4 is 5.84 Å². The Hall–Kier alpha value is -2.56. The number of para-hydroxylation sites is 2. The molecule has 0 unspecified atom stereocenters. The van der Waals surface area contributed by atoms with Crippen LogP contribution in [0, 0.1) is 5.92 Å². The molecule has 1 aliphatic heterocycles. The van der Waals surface area contributed by atoms with Crippen LogP contribution in [0.5, 0.6) is 17.4 Å². The molecule has 0 radical (unpaired) electrons. The van der Waals surface area contributed by atoms with E-state index in [-0.39, 0.29) is 0 Å². The molecule has 2 aromatic rings. The highest BCUT2D eigenvalue weighted by Crippen LogP contribution is 2.32. The van der Waals surface area contributed by atoms with Gasteiger partial charge in [-0.25, -0.2) is 4.98 Å². The Kier molecular flexibility index (Phi) is 7.08. The molecule has 1 N–H and O–H groups in total. The lowest BCUT2D eigenvalue weighted by Crippen LogP contribution is -2.29. The van der Waals surface area contributed by atoms with Gasteiger partial charge in [0.05, 0.1) is 12.2 Å². The Bertz CT molecular complexity index is 759. The van der Waals surface area contributed by atoms with Crippen LogP contribution >= 0.6 is 0 Å². The van der Waals surface area contributed by atoms with Crippen LogP contribution in [-0.2, 0) is 0 Å². The van der Waals surface area contributed by atoms with E-state index < -0.39 is 0 Å². The molecule has 0 saturated carbocycles. The summed E-state index contributed by atoms with van der Waals surface area (Å²) in [4.78, 5) is 9.30. The van der Waals surface area contributed by atoms with Gasteiger partial charge in [-0.1, -0.05) is 32.4 Å². The summed E-state index contributed by atoms with van der Waals surface area (Å²) in [5, 5.41) is 3.48. The molecule has 0 bridgehead atoms. The van der Waals surface area contributed by atoms with Crippen LogP contribution in [0.25, 0.3) is 0 Å². The van der Waals surface area contributed by atoms with Gasteiger partial charge in [-0.3, -0.25) is 4.99 Å². The van der Waals surface area contributed by atoms with E-state index in [4.69, 9.17) is 14.5 Å². The standard InChI is InChI=1S/C22H29N3O2/c1-17(2)16-25-21-18-10-9-14-24-22(18)27-20-12-6-5-11-19(20)26-15-8-4-3-7-13-23-21/h5-6,9-12,14,17H,3-4,7-8,13,15-16H2,1-2H3,(H,23,25). The van der Waals surface area contributed by atoms with Gasteiger partial charge in [0, 0.05) is 19.3 Å². The minimum absolute atomic E-state index is 0.524. The first-order chi connectivity index (χ1) is 13.2. The number of ether oxygens (including phenoxy) is 2. The number of hydrogen-bond acceptors (Lipinski definition) is 5. The highest BCUT2D eigenvalue weighted by Gasteiger charge is 2.15. The molecule has 5 heteroatoms. The summed E-state index contributed by atoms with van der Waals surface area (Å²) in [6.45, 7) is 6.72. The SMILES string of the molecule is CC(C)CNC1=NCCCCCCOc2ccccc2Oc2ncccc21. The van der Waals surface area contributed by atoms with Crippen LogP contribution in [0.2, 0.25) is 0 Å². The van der Waals surface area contributed by atoms with Gasteiger partial charge in [-0.05, 0) is 49.4 Å². The molecule has 0 saturated heterocycles. The van der Waals surface area contributed by atoms with Gasteiger partial charge in [0.25, 0.3) is 0 Å². The number of pyridine rings is 1. The second-order valence-corrected chi connectivity index (χ2v) is 7.17. The lowest BCUT2D eigenvalue weighted by molar-refractivity contribution is 0.290. The highest BCUT2D eigenvalue weighted by atomic mass is 16.5. The van der Waals surface area contributed by atoms with Crippen LogP contribution in [0.15, 0.2) is 47.6 Å². The fraction of sp³-hybridized carbons (Fsp3) is 0.455. The molecule has 0 spiro atoms. The number of nitrogens with zero attached hydrogens (tertiary/aromatic N) is 2. The first-order valence-electron chi connectivity index (χ1n) is 9.87. The molecule has 1 aromatic heterocycles. The van der Waals surface area contributed by atoms with Crippen molar-refractivity contribution in [1.82, 2.24) is 10.3 Å². The number of nitrogens with one attached hydrogen (secondary N) is 1. The van der Waals surface area contributed by atoms with E-state index >= 15 is 0 Å². The Morgan fingerprint density at radius 1 is 1.00 bits per heavy atom. The minimum Gasteiger partial charge on any atom is -0.490 e. The molecule has 0 amide bonds. The second kappa shape index (κ2) is 9.95. The average Bonchev–Trinajstić information content (AvgIpc) is 2.67. The van der Waals surface area contributed by atoms with E-state index in [1.54, 1.807) is 6.20 Å². The monoisotopic (exact) mass is 367 g/mol. The largest absolute Gasteiger partial charge is 0.490 e. The number of amidine groups is 1. The van der Waals surface area contributed by atoms with Gasteiger partial charge < -0.3 is 14.8 Å². The van der Waals surface area contributed by atoms with E-state index in [0.717, 1.165) is 55.9 Å². The Morgan fingerprint density at radius 3 is 2.67 bits per heavy atom. The number of hydrogen-bond donors (Lipinski definition) is 1. The number of benzene rings is 1. The molecule has 0 fully saturated rings. The fourth-order valence-electron chi connectivity index (χ4n) is 2.89. The summed E-state index contributed by atoms with van der Waals surface area (Å²) in [6, 6.07) is 11.7. The van der Waals surface area contributed by atoms with Crippen LogP contribution in [0.4, 0.5) is 0 Å². The molecular formula is C22H29N3O2. The normalized spacial score (nSPS) is 15.4. The maximum Gasteiger partial charge on any atom is 0.230 e. The quantitative estimate of drug-likeness (QED) is 0.827. The second-order valence-electron chi connectivity index (χ2n) is 7.17. The zero-order chi connectivity index (χ0) is 18.9. The molecule has 1 aliphatic rings. The van der Waals surface area contributed by atoms with Crippen molar-refractivity contribution < 1.29 is 9.47 Å². The predicted molar refractivity (Wildman–Crippen MR) is 109 cm³/mol. The molecule has 5 nitrogen and oxygen atoms in total. The fourth-order valence-corrected chi connectivity index (χ4v) is 2.89. The van der Waals surface area contributed by atoms with E-state index in [9.17, 15) is 0 Å². The van der Waals surface area contributed by atoms with Crippen LogP contribution < -0.4 is 14.8 Å². The van der Waals surface area contributed by atoms with Gasteiger partial charge in [-0.2, -0.15) is 0 Å². The zero-order valence-corrected chi connectivity index (χ0v) is 16.3. The first-order valence-corrected chi connectivity index (χ1v) is 9.87. The molecule has 3 rings (SSSR count). The summed E-state index contributed by atoms with van der Waals surface area (Å²) >= 11 is 0. The van der Waals surface area contributed by atoms with Gasteiger partial charge in [0.1, 0.15) is 5.84 Å². The molecule has 27 heavy (non-hydrogen) atoms. The van der Waals surface area contributed by atoms with Crippen LogP contribution in [0.3, 0.4) is 0 Å². The van der Waals surface area contributed by atoms with E-state index in [1.165, 1.54) is 0 Å². The van der Waals surface area contributed by atoms with Crippen molar-refractivity contribution in [3.63, 3.8) is 0 Å². The number of fused-ring (bicyclic) bond motifs is 2. The lowest BCUT2D eigenvalue weighted by atomic mass is 10.2. The minimum atomic E-state index is 0.524. The first kappa shape index (κ1) is 19.2. The highest BCUT2D eigenvalue weighted by molar-refractivity contribution is 6.00. The van der Waals surface area contributed by atoms with Crippen molar-refractivity contribution in [2.75, 3.05) is 19.7 Å². The van der Waals surface area contributed by atoms with Crippen molar-refractivity contribution in [1.29, 1.82) is 0 Å². The molecule has 0 aliphatic carbocycles. The van der Waals surface area contributed by atoms with Crippen molar-refractivity contribution in [2.24, 2.45) is 10.9 Å². The van der Waals surface area contributed by atoms with E-state index in [0.29, 0.717) is 24.2 Å². The average molecular weight is 367 g/mol. The third kappa shape index (κ3) is 5.71. The summed E-state index contributed by atoms with van der Waals surface area (Å²) in [6.07, 6.45) is 6.14. The maximum atomic E-state index is 6.17. The van der Waals surface area contributed by atoms with Gasteiger partial charge in [0.2, 0.25) is 5.88 Å². The van der Waals surface area contributed by atoms with Gasteiger partial charge in [-0.15, -0.1) is 0 Å². The number of aliphatic imine (C=N–C) groups is 1. The van der Waals surface area contributed by atoms with Crippen LogP contribution in [0.1, 0.15) is 45.1 Å².